The van der Waals surface area contributed by atoms with E-state index in [0.29, 0.717) is 10.6 Å². The lowest BCUT2D eigenvalue weighted by Gasteiger charge is -2.01. The van der Waals surface area contributed by atoms with Crippen molar-refractivity contribution in [2.75, 3.05) is 0 Å². The summed E-state index contributed by atoms with van der Waals surface area (Å²) < 4.78 is 0. The third-order valence-electron chi connectivity index (χ3n) is 2.03. The molecule has 0 unspecified atom stereocenters. The number of nitrogens with one attached hydrogen (secondary N) is 1. The number of halogens is 2. The Balaban J connectivity index is 2.65. The Labute approximate surface area is 96.5 Å². The van der Waals surface area contributed by atoms with E-state index >= 15 is 0 Å². The highest BCUT2D eigenvalue weighted by Gasteiger charge is 2.06. The summed E-state index contributed by atoms with van der Waals surface area (Å²) in [4.78, 5) is 14.1. The molecule has 0 bridgehead atoms. The fourth-order valence-corrected chi connectivity index (χ4v) is 1.61. The molecule has 0 saturated heterocycles. The van der Waals surface area contributed by atoms with E-state index in [2.05, 4.69) is 4.98 Å². The number of benzene rings is 1. The summed E-state index contributed by atoms with van der Waals surface area (Å²) in [5.74, 6) is 0. The van der Waals surface area contributed by atoms with Crippen LogP contribution in [0.25, 0.3) is 11.1 Å². The van der Waals surface area contributed by atoms with Gasteiger partial charge in [0.2, 0.25) is 0 Å². The van der Waals surface area contributed by atoms with Crippen LogP contribution in [0.1, 0.15) is 0 Å². The quantitative estimate of drug-likeness (QED) is 0.761. The van der Waals surface area contributed by atoms with Crippen molar-refractivity contribution in [3.63, 3.8) is 0 Å². The summed E-state index contributed by atoms with van der Waals surface area (Å²) in [5, 5.41) is 0.511. The van der Waals surface area contributed by atoms with Crippen molar-refractivity contribution in [2.24, 2.45) is 0 Å². The van der Waals surface area contributed by atoms with E-state index in [1.807, 2.05) is 30.3 Å². The highest BCUT2D eigenvalue weighted by molar-refractivity contribution is 6.41. The van der Waals surface area contributed by atoms with Gasteiger partial charge in [0.05, 0.1) is 5.02 Å². The van der Waals surface area contributed by atoms with Gasteiger partial charge in [0.15, 0.2) is 0 Å². The monoisotopic (exact) mass is 239 g/mol. The molecule has 0 saturated carbocycles. The van der Waals surface area contributed by atoms with Crippen LogP contribution in [0.5, 0.6) is 0 Å². The molecule has 1 N–H and O–H groups in total. The zero-order chi connectivity index (χ0) is 10.8. The third-order valence-corrected chi connectivity index (χ3v) is 2.73. The second-order valence-corrected chi connectivity index (χ2v) is 3.83. The van der Waals surface area contributed by atoms with E-state index < -0.39 is 0 Å². The topological polar surface area (TPSA) is 32.9 Å². The molecule has 76 valence electrons. The van der Waals surface area contributed by atoms with Crippen molar-refractivity contribution in [1.82, 2.24) is 4.98 Å². The molecule has 0 aliphatic rings. The maximum Gasteiger partial charge on any atom is 0.257 e. The van der Waals surface area contributed by atoms with Crippen molar-refractivity contribution in [1.29, 1.82) is 0 Å². The predicted molar refractivity (Wildman–Crippen MR) is 62.5 cm³/mol. The molecule has 2 nitrogen and oxygen atoms in total. The molecule has 0 radical (unpaired) electrons. The molecule has 0 atom stereocenters. The summed E-state index contributed by atoms with van der Waals surface area (Å²) in [6.45, 7) is 0. The number of hydrogen-bond donors (Lipinski definition) is 1. The maximum absolute atomic E-state index is 11.6. The number of pyridine rings is 1. The van der Waals surface area contributed by atoms with E-state index in [1.165, 1.54) is 0 Å². The number of H-pyrrole nitrogens is 1. The smallest absolute Gasteiger partial charge is 0.257 e. The van der Waals surface area contributed by atoms with Gasteiger partial charge in [0.1, 0.15) is 5.15 Å². The predicted octanol–water partition coefficient (Wildman–Crippen LogP) is 3.35. The first-order valence-electron chi connectivity index (χ1n) is 4.32. The lowest BCUT2D eigenvalue weighted by Crippen LogP contribution is -2.08. The normalized spacial score (nSPS) is 10.3. The van der Waals surface area contributed by atoms with Crippen molar-refractivity contribution in [3.05, 3.63) is 56.9 Å². The van der Waals surface area contributed by atoms with Crippen LogP contribution < -0.4 is 5.56 Å². The first-order valence-corrected chi connectivity index (χ1v) is 5.08. The van der Waals surface area contributed by atoms with E-state index in [4.69, 9.17) is 23.2 Å². The number of hydrogen-bond acceptors (Lipinski definition) is 1. The van der Waals surface area contributed by atoms with Crippen molar-refractivity contribution in [3.8, 4) is 11.1 Å². The van der Waals surface area contributed by atoms with Gasteiger partial charge in [-0.05, 0) is 11.6 Å². The molecule has 1 aromatic heterocycles. The molecule has 0 aliphatic heterocycles. The van der Waals surface area contributed by atoms with Gasteiger partial charge in [-0.1, -0.05) is 53.5 Å². The molecule has 0 amide bonds. The first kappa shape index (κ1) is 10.3. The van der Waals surface area contributed by atoms with Gasteiger partial charge in [-0.15, -0.1) is 0 Å². The first-order chi connectivity index (χ1) is 7.18. The molecule has 0 aliphatic carbocycles. The van der Waals surface area contributed by atoms with E-state index in [0.717, 1.165) is 5.56 Å². The molecule has 1 heterocycles. The molecular weight excluding hydrogens is 233 g/mol. The second-order valence-electron chi connectivity index (χ2n) is 3.04. The van der Waals surface area contributed by atoms with Gasteiger partial charge in [-0.3, -0.25) is 4.79 Å². The standard InChI is InChI=1S/C11H7Cl2NO/c12-9-6-8(11(15)14-10(9)13)7-4-2-1-3-5-7/h1-6H,(H,14,15). The molecule has 4 heteroatoms. The van der Waals surface area contributed by atoms with Gasteiger partial charge < -0.3 is 4.98 Å². The fourth-order valence-electron chi connectivity index (χ4n) is 1.31. The van der Waals surface area contributed by atoms with Crippen molar-refractivity contribution in [2.45, 2.75) is 0 Å². The average Bonchev–Trinajstić information content (AvgIpc) is 2.25. The SMILES string of the molecule is O=c1[nH]c(Cl)c(Cl)cc1-c1ccccc1. The highest BCUT2D eigenvalue weighted by atomic mass is 35.5. The third kappa shape index (κ3) is 2.06. The number of aromatic nitrogens is 1. The van der Waals surface area contributed by atoms with Gasteiger partial charge in [-0.25, -0.2) is 0 Å². The lowest BCUT2D eigenvalue weighted by molar-refractivity contribution is 1.24. The maximum atomic E-state index is 11.6. The Morgan fingerprint density at radius 3 is 2.40 bits per heavy atom. The molecule has 0 fully saturated rings. The Morgan fingerprint density at radius 1 is 1.07 bits per heavy atom. The minimum absolute atomic E-state index is 0.168. The number of rotatable bonds is 1. The summed E-state index contributed by atoms with van der Waals surface area (Å²) in [6.07, 6.45) is 0. The zero-order valence-corrected chi connectivity index (χ0v) is 9.14. The van der Waals surface area contributed by atoms with Crippen LogP contribution in [-0.4, -0.2) is 4.98 Å². The molecule has 2 aromatic rings. The minimum atomic E-state index is -0.240. The molecular formula is C11H7Cl2NO. The number of aromatic amines is 1. The molecule has 2 rings (SSSR count). The van der Waals surface area contributed by atoms with Crippen molar-refractivity contribution >= 4 is 23.2 Å². The van der Waals surface area contributed by atoms with Gasteiger partial charge in [-0.2, -0.15) is 0 Å². The van der Waals surface area contributed by atoms with Crippen LogP contribution in [0.4, 0.5) is 0 Å². The zero-order valence-electron chi connectivity index (χ0n) is 7.63. The van der Waals surface area contributed by atoms with Gasteiger partial charge in [0.25, 0.3) is 5.56 Å². The fraction of sp³-hybridized carbons (Fsp3) is 0. The Bertz CT molecular complexity index is 534. The van der Waals surface area contributed by atoms with Crippen LogP contribution >= 0.6 is 23.2 Å². The van der Waals surface area contributed by atoms with Crippen LogP contribution in [0.2, 0.25) is 10.2 Å². The summed E-state index contributed by atoms with van der Waals surface area (Å²) in [6, 6.07) is 10.9. The molecule has 1 aromatic carbocycles. The van der Waals surface area contributed by atoms with Gasteiger partial charge >= 0.3 is 0 Å². The van der Waals surface area contributed by atoms with Crippen LogP contribution in [0.15, 0.2) is 41.2 Å². The van der Waals surface area contributed by atoms with Gasteiger partial charge in [0, 0.05) is 5.56 Å². The summed E-state index contributed by atoms with van der Waals surface area (Å²) in [7, 11) is 0. The van der Waals surface area contributed by atoms with Crippen LogP contribution in [-0.2, 0) is 0 Å². The Hall–Kier alpha value is -1.25. The Kier molecular flexibility index (Phi) is 2.80. The lowest BCUT2D eigenvalue weighted by atomic mass is 10.1. The van der Waals surface area contributed by atoms with Crippen molar-refractivity contribution < 1.29 is 0 Å². The average molecular weight is 240 g/mol. The van der Waals surface area contributed by atoms with E-state index in [-0.39, 0.29) is 10.7 Å². The molecule has 15 heavy (non-hydrogen) atoms. The minimum Gasteiger partial charge on any atom is -0.311 e. The summed E-state index contributed by atoms with van der Waals surface area (Å²) in [5.41, 5.74) is 1.10. The summed E-state index contributed by atoms with van der Waals surface area (Å²) >= 11 is 11.5. The van der Waals surface area contributed by atoms with E-state index in [9.17, 15) is 4.79 Å². The van der Waals surface area contributed by atoms with Crippen LogP contribution in [0, 0.1) is 0 Å². The largest absolute Gasteiger partial charge is 0.311 e. The Morgan fingerprint density at radius 2 is 1.73 bits per heavy atom. The van der Waals surface area contributed by atoms with E-state index in [1.54, 1.807) is 6.07 Å². The highest BCUT2D eigenvalue weighted by Crippen LogP contribution is 2.23. The molecule has 0 spiro atoms. The second kappa shape index (κ2) is 4.09. The van der Waals surface area contributed by atoms with Crippen LogP contribution in [0.3, 0.4) is 0 Å².